The van der Waals surface area contributed by atoms with Gasteiger partial charge in [0, 0.05) is 24.8 Å². The molecule has 0 aromatic carbocycles. The zero-order valence-corrected chi connectivity index (χ0v) is 52.9. The van der Waals surface area contributed by atoms with E-state index in [1.165, 1.54) is 218 Å². The molecule has 0 radical (unpaired) electrons. The molecule has 2 unspecified atom stereocenters. The molecule has 0 fully saturated rings. The minimum Gasteiger partial charge on any atom is -0.550 e. The topological polar surface area (TPSA) is 133 Å². The van der Waals surface area contributed by atoms with Gasteiger partial charge in [-0.15, -0.1) is 0 Å². The smallest absolute Gasteiger partial charge is 0.550 e. The van der Waals surface area contributed by atoms with Crippen molar-refractivity contribution in [1.82, 2.24) is 0 Å². The molecule has 0 rings (SSSR count). The zero-order valence-electron chi connectivity index (χ0n) is 50.7. The number of carboxylic acids is 2. The average Bonchev–Trinajstić information content (AvgIpc) is 3.38. The number of rotatable bonds is 60. The fourth-order valence-corrected chi connectivity index (χ4v) is 10.2. The first-order chi connectivity index (χ1) is 36.2. The molecule has 440 valence electrons. The molecule has 0 saturated heterocycles. The molecule has 2 atom stereocenters. The standard InChI is InChI=1S/2C33H64O4.Ca/c2*1-3-5-7-9-10-11-12-13-14-19-22-26-30-33(36)37-31(27-23-8-6-4-2)28-24-20-17-15-16-18-21-25-29-32(34)35;/h2*31H,3-30H2,1-2H3,(H,34,35);/q;;+2/p-2. The third kappa shape index (κ3) is 69.2. The normalized spacial score (nSPS) is 11.9. The van der Waals surface area contributed by atoms with Gasteiger partial charge in [0.1, 0.15) is 12.2 Å². The van der Waals surface area contributed by atoms with Crippen molar-refractivity contribution in [1.29, 1.82) is 0 Å². The summed E-state index contributed by atoms with van der Waals surface area (Å²) in [6, 6.07) is 0. The second-order valence-corrected chi connectivity index (χ2v) is 22.7. The van der Waals surface area contributed by atoms with Gasteiger partial charge in [0.25, 0.3) is 0 Å². The molecular formula is C66H126CaO8. The van der Waals surface area contributed by atoms with Crippen LogP contribution < -0.4 is 10.2 Å². The number of carbonyl (C=O) groups excluding carboxylic acids is 4. The summed E-state index contributed by atoms with van der Waals surface area (Å²) in [5.41, 5.74) is 0. The Bertz CT molecular complexity index is 1080. The third-order valence-corrected chi connectivity index (χ3v) is 15.1. The maximum atomic E-state index is 12.5. The van der Waals surface area contributed by atoms with Crippen molar-refractivity contribution in [2.75, 3.05) is 0 Å². The minimum absolute atomic E-state index is 0. The fourth-order valence-electron chi connectivity index (χ4n) is 10.2. The minimum atomic E-state index is -0.931. The first kappa shape index (κ1) is 78.4. The molecule has 0 heterocycles. The van der Waals surface area contributed by atoms with Crippen molar-refractivity contribution >= 4 is 61.6 Å². The van der Waals surface area contributed by atoms with E-state index in [4.69, 9.17) is 9.47 Å². The van der Waals surface area contributed by atoms with Gasteiger partial charge in [-0.05, 0) is 89.9 Å². The second-order valence-electron chi connectivity index (χ2n) is 22.7. The summed E-state index contributed by atoms with van der Waals surface area (Å²) in [5, 5.41) is 20.9. The van der Waals surface area contributed by atoms with E-state index in [1.54, 1.807) is 0 Å². The molecule has 0 spiro atoms. The van der Waals surface area contributed by atoms with Crippen molar-refractivity contribution < 1.29 is 38.9 Å². The van der Waals surface area contributed by atoms with Crippen LogP contribution in [0.25, 0.3) is 0 Å². The number of esters is 2. The van der Waals surface area contributed by atoms with Crippen molar-refractivity contribution in [3.63, 3.8) is 0 Å². The largest absolute Gasteiger partial charge is 2.00 e. The zero-order chi connectivity index (χ0) is 54.5. The first-order valence-electron chi connectivity index (χ1n) is 33.0. The van der Waals surface area contributed by atoms with Crippen LogP contribution in [-0.4, -0.2) is 73.8 Å². The summed E-state index contributed by atoms with van der Waals surface area (Å²) in [7, 11) is 0. The monoisotopic (exact) mass is 1090 g/mol. The second kappa shape index (κ2) is 67.4. The van der Waals surface area contributed by atoms with Crippen molar-refractivity contribution in [3.8, 4) is 0 Å². The van der Waals surface area contributed by atoms with Crippen molar-refractivity contribution in [2.45, 2.75) is 399 Å². The molecule has 0 saturated carbocycles. The summed E-state index contributed by atoms with van der Waals surface area (Å²) < 4.78 is 11.9. The molecule has 8 nitrogen and oxygen atoms in total. The fraction of sp³-hybridized carbons (Fsp3) is 0.939. The van der Waals surface area contributed by atoms with Gasteiger partial charge in [-0.1, -0.05) is 285 Å². The van der Waals surface area contributed by atoms with Gasteiger partial charge >= 0.3 is 49.7 Å². The van der Waals surface area contributed by atoms with E-state index in [0.29, 0.717) is 12.8 Å². The van der Waals surface area contributed by atoms with Gasteiger partial charge in [-0.3, -0.25) is 9.59 Å². The van der Waals surface area contributed by atoms with E-state index >= 15 is 0 Å². The number of unbranched alkanes of at least 4 members (excludes halogenated alkanes) is 42. The van der Waals surface area contributed by atoms with Crippen molar-refractivity contribution in [2.24, 2.45) is 0 Å². The van der Waals surface area contributed by atoms with E-state index in [1.807, 2.05) is 0 Å². The molecule has 9 heteroatoms. The molecule has 0 amide bonds. The molecule has 0 bridgehead atoms. The Kier molecular flexibility index (Phi) is 70.4. The quantitative estimate of drug-likeness (QED) is 0.0334. The van der Waals surface area contributed by atoms with Crippen LogP contribution in [0, 0.1) is 0 Å². The summed E-state index contributed by atoms with van der Waals surface area (Å²) in [4.78, 5) is 45.8. The maximum Gasteiger partial charge on any atom is 2.00 e. The van der Waals surface area contributed by atoms with Gasteiger partial charge in [0.2, 0.25) is 0 Å². The van der Waals surface area contributed by atoms with E-state index in [-0.39, 0.29) is 74.7 Å². The van der Waals surface area contributed by atoms with E-state index in [0.717, 1.165) is 116 Å². The predicted molar refractivity (Wildman–Crippen MR) is 317 cm³/mol. The average molecular weight is 1090 g/mol. The summed E-state index contributed by atoms with van der Waals surface area (Å²) in [6.45, 7) is 9.01. The number of ether oxygens (including phenoxy) is 2. The Morgan fingerprint density at radius 1 is 0.253 bits per heavy atom. The van der Waals surface area contributed by atoms with Crippen LogP contribution in [0.2, 0.25) is 0 Å². The van der Waals surface area contributed by atoms with Crippen molar-refractivity contribution in [3.05, 3.63) is 0 Å². The molecule has 0 aromatic rings. The molecule has 0 aliphatic rings. The molecule has 75 heavy (non-hydrogen) atoms. The van der Waals surface area contributed by atoms with Crippen LogP contribution in [0.15, 0.2) is 0 Å². The summed E-state index contributed by atoms with van der Waals surface area (Å²) >= 11 is 0. The Labute approximate surface area is 496 Å². The number of aliphatic carboxylic acids is 2. The Balaban J connectivity index is -0.00000136. The van der Waals surface area contributed by atoms with E-state index in [9.17, 15) is 29.4 Å². The van der Waals surface area contributed by atoms with Gasteiger partial charge in [0.15, 0.2) is 0 Å². The molecular weight excluding hydrogens is 961 g/mol. The number of hydrogen-bond donors (Lipinski definition) is 0. The summed E-state index contributed by atoms with van der Waals surface area (Å²) in [5.74, 6) is -1.83. The molecule has 0 aliphatic carbocycles. The van der Waals surface area contributed by atoms with Crippen LogP contribution in [0.5, 0.6) is 0 Å². The Hall–Kier alpha value is -0.860. The van der Waals surface area contributed by atoms with Gasteiger partial charge in [0.05, 0.1) is 0 Å². The van der Waals surface area contributed by atoms with E-state index in [2.05, 4.69) is 27.7 Å². The molecule has 0 N–H and O–H groups in total. The van der Waals surface area contributed by atoms with Crippen LogP contribution in [0.1, 0.15) is 387 Å². The Morgan fingerprint density at radius 2 is 0.413 bits per heavy atom. The third-order valence-electron chi connectivity index (χ3n) is 15.1. The van der Waals surface area contributed by atoms with E-state index < -0.39 is 11.9 Å². The van der Waals surface area contributed by atoms with Crippen LogP contribution in [-0.2, 0) is 28.7 Å². The molecule has 0 aliphatic heterocycles. The maximum absolute atomic E-state index is 12.5. The Morgan fingerprint density at radius 3 is 0.613 bits per heavy atom. The van der Waals surface area contributed by atoms with Crippen LogP contribution in [0.4, 0.5) is 0 Å². The van der Waals surface area contributed by atoms with Gasteiger partial charge in [-0.2, -0.15) is 0 Å². The predicted octanol–water partition coefficient (Wildman–Crippen LogP) is 18.8. The van der Waals surface area contributed by atoms with Gasteiger partial charge < -0.3 is 29.3 Å². The van der Waals surface area contributed by atoms with Crippen LogP contribution >= 0.6 is 0 Å². The first-order valence-corrected chi connectivity index (χ1v) is 33.0. The summed E-state index contributed by atoms with van der Waals surface area (Å²) in [6.07, 6.45) is 64.6. The number of hydrogen-bond acceptors (Lipinski definition) is 8. The van der Waals surface area contributed by atoms with Crippen LogP contribution in [0.3, 0.4) is 0 Å². The SMILES string of the molecule is CCCCCCCCCCCCCCC(=O)OC(CCCCCC)CCCCCCCCCCC(=O)[O-].CCCCCCCCCCCCCCC(=O)OC(CCCCCC)CCCCCCCCCCC(=O)[O-].[Ca+2]. The van der Waals surface area contributed by atoms with Gasteiger partial charge in [-0.25, -0.2) is 0 Å². The number of carboxylic acid groups (broad SMARTS) is 2. The molecule has 0 aromatic heterocycles. The number of carbonyl (C=O) groups is 4.